The predicted octanol–water partition coefficient (Wildman–Crippen LogP) is 2.33. The van der Waals surface area contributed by atoms with Gasteiger partial charge in [0, 0.05) is 12.6 Å². The Morgan fingerprint density at radius 2 is 2.00 bits per heavy atom. The lowest BCUT2D eigenvalue weighted by molar-refractivity contribution is 0.0884. The van der Waals surface area contributed by atoms with Crippen LogP contribution < -0.4 is 5.73 Å². The summed E-state index contributed by atoms with van der Waals surface area (Å²) in [6, 6.07) is 10.7. The Morgan fingerprint density at radius 1 is 1.20 bits per heavy atom. The summed E-state index contributed by atoms with van der Waals surface area (Å²) in [5.41, 5.74) is 7.11. The topological polar surface area (TPSA) is 35.2 Å². The molecular formula is C13H19NO. The van der Waals surface area contributed by atoms with E-state index in [9.17, 15) is 0 Å². The quantitative estimate of drug-likeness (QED) is 0.749. The second-order valence-corrected chi connectivity index (χ2v) is 4.33. The zero-order valence-corrected chi connectivity index (χ0v) is 9.06. The molecule has 1 fully saturated rings. The van der Waals surface area contributed by atoms with Crippen molar-refractivity contribution in [2.75, 3.05) is 6.61 Å². The van der Waals surface area contributed by atoms with Crippen molar-refractivity contribution in [2.45, 2.75) is 31.9 Å². The Kier molecular flexibility index (Phi) is 3.75. The molecule has 1 aliphatic rings. The van der Waals surface area contributed by atoms with Gasteiger partial charge in [-0.15, -0.1) is 0 Å². The fourth-order valence-electron chi connectivity index (χ4n) is 1.95. The smallest absolute Gasteiger partial charge is 0.0716 e. The van der Waals surface area contributed by atoms with Crippen molar-refractivity contribution in [1.82, 2.24) is 0 Å². The Balaban J connectivity index is 1.59. The molecule has 1 aromatic rings. The molecule has 0 amide bonds. The molecule has 0 bridgehead atoms. The van der Waals surface area contributed by atoms with Crippen LogP contribution in [-0.2, 0) is 11.3 Å². The van der Waals surface area contributed by atoms with Crippen LogP contribution in [0.15, 0.2) is 30.3 Å². The lowest BCUT2D eigenvalue weighted by Gasteiger charge is -2.33. The van der Waals surface area contributed by atoms with Gasteiger partial charge >= 0.3 is 0 Å². The van der Waals surface area contributed by atoms with E-state index in [1.165, 1.54) is 18.4 Å². The van der Waals surface area contributed by atoms with Crippen LogP contribution in [0.1, 0.15) is 24.8 Å². The van der Waals surface area contributed by atoms with E-state index in [2.05, 4.69) is 12.1 Å². The number of hydrogen-bond donors (Lipinski definition) is 1. The molecule has 15 heavy (non-hydrogen) atoms. The van der Waals surface area contributed by atoms with Gasteiger partial charge in [-0.3, -0.25) is 0 Å². The van der Waals surface area contributed by atoms with Gasteiger partial charge in [0.15, 0.2) is 0 Å². The molecule has 2 atom stereocenters. The molecule has 2 rings (SSSR count). The van der Waals surface area contributed by atoms with Crippen LogP contribution in [0.4, 0.5) is 0 Å². The van der Waals surface area contributed by atoms with Gasteiger partial charge < -0.3 is 10.5 Å². The fourth-order valence-corrected chi connectivity index (χ4v) is 1.95. The summed E-state index contributed by atoms with van der Waals surface area (Å²) < 4.78 is 5.62. The van der Waals surface area contributed by atoms with Crippen molar-refractivity contribution in [1.29, 1.82) is 0 Å². The summed E-state index contributed by atoms with van der Waals surface area (Å²) in [5, 5.41) is 0. The standard InChI is InChI=1S/C13H19NO/c14-13-7-6-12(13)8-9-15-10-11-4-2-1-3-5-11/h1-5,12-13H,6-10,14H2. The third kappa shape index (κ3) is 3.05. The summed E-state index contributed by atoms with van der Waals surface area (Å²) >= 11 is 0. The van der Waals surface area contributed by atoms with Crippen LogP contribution in [0.5, 0.6) is 0 Å². The van der Waals surface area contributed by atoms with E-state index in [-0.39, 0.29) is 0 Å². The van der Waals surface area contributed by atoms with E-state index in [0.717, 1.165) is 19.6 Å². The van der Waals surface area contributed by atoms with Crippen LogP contribution in [0.25, 0.3) is 0 Å². The first-order valence-corrected chi connectivity index (χ1v) is 5.73. The van der Waals surface area contributed by atoms with E-state index in [1.807, 2.05) is 18.2 Å². The molecule has 0 aliphatic heterocycles. The van der Waals surface area contributed by atoms with Gasteiger partial charge in [0.1, 0.15) is 0 Å². The van der Waals surface area contributed by atoms with Gasteiger partial charge in [0.25, 0.3) is 0 Å². The first-order chi connectivity index (χ1) is 7.36. The lowest BCUT2D eigenvalue weighted by atomic mass is 9.78. The van der Waals surface area contributed by atoms with E-state index >= 15 is 0 Å². The molecule has 0 heterocycles. The van der Waals surface area contributed by atoms with E-state index in [0.29, 0.717) is 12.0 Å². The molecule has 2 nitrogen and oxygen atoms in total. The van der Waals surface area contributed by atoms with E-state index in [1.54, 1.807) is 0 Å². The first kappa shape index (κ1) is 10.7. The van der Waals surface area contributed by atoms with E-state index in [4.69, 9.17) is 10.5 Å². The maximum Gasteiger partial charge on any atom is 0.0716 e. The molecule has 0 radical (unpaired) electrons. The maximum atomic E-state index is 5.86. The van der Waals surface area contributed by atoms with Crippen molar-refractivity contribution in [3.05, 3.63) is 35.9 Å². The minimum absolute atomic E-state index is 0.435. The minimum atomic E-state index is 0.435. The van der Waals surface area contributed by atoms with Crippen molar-refractivity contribution in [3.8, 4) is 0 Å². The first-order valence-electron chi connectivity index (χ1n) is 5.73. The van der Waals surface area contributed by atoms with Gasteiger partial charge in [0.05, 0.1) is 6.61 Å². The van der Waals surface area contributed by atoms with Crippen molar-refractivity contribution >= 4 is 0 Å². The fraction of sp³-hybridized carbons (Fsp3) is 0.538. The monoisotopic (exact) mass is 205 g/mol. The Bertz CT molecular complexity index is 286. The summed E-state index contributed by atoms with van der Waals surface area (Å²) in [6.07, 6.45) is 3.60. The highest BCUT2D eigenvalue weighted by molar-refractivity contribution is 5.13. The largest absolute Gasteiger partial charge is 0.377 e. The SMILES string of the molecule is NC1CCC1CCOCc1ccccc1. The molecule has 0 spiro atoms. The summed E-state index contributed by atoms with van der Waals surface area (Å²) in [5.74, 6) is 0.709. The van der Waals surface area contributed by atoms with Crippen LogP contribution in [-0.4, -0.2) is 12.6 Å². The predicted molar refractivity (Wildman–Crippen MR) is 61.4 cm³/mol. The van der Waals surface area contributed by atoms with Gasteiger partial charge in [-0.2, -0.15) is 0 Å². The lowest BCUT2D eigenvalue weighted by Crippen LogP contribution is -2.39. The summed E-state index contributed by atoms with van der Waals surface area (Å²) in [4.78, 5) is 0. The molecule has 1 aromatic carbocycles. The van der Waals surface area contributed by atoms with Gasteiger partial charge in [-0.05, 0) is 30.7 Å². The molecule has 2 unspecified atom stereocenters. The Hall–Kier alpha value is -0.860. The zero-order valence-electron chi connectivity index (χ0n) is 9.06. The second-order valence-electron chi connectivity index (χ2n) is 4.33. The zero-order chi connectivity index (χ0) is 10.5. The average molecular weight is 205 g/mol. The number of ether oxygens (including phenoxy) is 1. The molecular weight excluding hydrogens is 186 g/mol. The Labute approximate surface area is 91.4 Å². The molecule has 2 N–H and O–H groups in total. The van der Waals surface area contributed by atoms with Gasteiger partial charge in [0.2, 0.25) is 0 Å². The molecule has 0 saturated heterocycles. The van der Waals surface area contributed by atoms with Crippen LogP contribution >= 0.6 is 0 Å². The van der Waals surface area contributed by atoms with Crippen molar-refractivity contribution < 1.29 is 4.74 Å². The number of nitrogens with two attached hydrogens (primary N) is 1. The highest BCUT2D eigenvalue weighted by Crippen LogP contribution is 2.28. The summed E-state index contributed by atoms with van der Waals surface area (Å²) in [6.45, 7) is 1.57. The highest BCUT2D eigenvalue weighted by Gasteiger charge is 2.26. The molecule has 0 aromatic heterocycles. The third-order valence-electron chi connectivity index (χ3n) is 3.22. The summed E-state index contributed by atoms with van der Waals surface area (Å²) in [7, 11) is 0. The highest BCUT2D eigenvalue weighted by atomic mass is 16.5. The van der Waals surface area contributed by atoms with E-state index < -0.39 is 0 Å². The van der Waals surface area contributed by atoms with Crippen molar-refractivity contribution in [3.63, 3.8) is 0 Å². The van der Waals surface area contributed by atoms with Gasteiger partial charge in [-0.25, -0.2) is 0 Å². The second kappa shape index (κ2) is 5.29. The number of rotatable bonds is 5. The van der Waals surface area contributed by atoms with Crippen LogP contribution in [0, 0.1) is 5.92 Å². The van der Waals surface area contributed by atoms with Crippen molar-refractivity contribution in [2.24, 2.45) is 11.7 Å². The maximum absolute atomic E-state index is 5.86. The molecule has 82 valence electrons. The van der Waals surface area contributed by atoms with Crippen LogP contribution in [0.2, 0.25) is 0 Å². The van der Waals surface area contributed by atoms with Crippen LogP contribution in [0.3, 0.4) is 0 Å². The normalized spacial score (nSPS) is 24.9. The number of hydrogen-bond acceptors (Lipinski definition) is 2. The van der Waals surface area contributed by atoms with Gasteiger partial charge in [-0.1, -0.05) is 30.3 Å². The Morgan fingerprint density at radius 3 is 2.60 bits per heavy atom. The average Bonchev–Trinajstić information content (AvgIpc) is 2.28. The number of benzene rings is 1. The molecule has 1 saturated carbocycles. The molecule has 1 aliphatic carbocycles. The molecule has 2 heteroatoms. The third-order valence-corrected chi connectivity index (χ3v) is 3.22. The minimum Gasteiger partial charge on any atom is -0.377 e.